The predicted molar refractivity (Wildman–Crippen MR) is 126 cm³/mol. The number of likely N-dealkylation sites (tertiary alicyclic amines) is 1. The molecule has 6 atom stereocenters. The zero-order valence-electron chi connectivity index (χ0n) is 21.1. The molecule has 1 aliphatic carbocycles. The summed E-state index contributed by atoms with van der Waals surface area (Å²) in [4.78, 5) is 25.5. The quantitative estimate of drug-likeness (QED) is 0.629. The first-order chi connectivity index (χ1) is 17.1. The molecule has 8 nitrogen and oxygen atoms in total. The molecule has 1 N–H and O–H groups in total. The monoisotopic (exact) mass is 511 g/mol. The average Bonchev–Trinajstić information content (AvgIpc) is 3.58. The number of hydrogen-bond donors (Lipinski definition) is 1. The number of ether oxygens (including phenoxy) is 2. The number of nitrogens with zero attached hydrogens (tertiary/aromatic N) is 4. The number of alkyl halides is 3. The summed E-state index contributed by atoms with van der Waals surface area (Å²) in [6, 6.07) is 0.404. The lowest BCUT2D eigenvalue weighted by atomic mass is 9.74. The topological polar surface area (TPSA) is 79.8 Å². The maximum absolute atomic E-state index is 14.0. The summed E-state index contributed by atoms with van der Waals surface area (Å²) >= 11 is 0. The highest BCUT2D eigenvalue weighted by Crippen LogP contribution is 2.48. The van der Waals surface area contributed by atoms with E-state index in [1.54, 1.807) is 7.11 Å². The van der Waals surface area contributed by atoms with Gasteiger partial charge in [0.15, 0.2) is 5.69 Å². The first kappa shape index (κ1) is 25.7. The molecular formula is C25H36F3N5O3. The van der Waals surface area contributed by atoms with E-state index in [0.717, 1.165) is 38.3 Å². The van der Waals surface area contributed by atoms with E-state index in [2.05, 4.69) is 29.1 Å². The van der Waals surface area contributed by atoms with Gasteiger partial charge in [-0.15, -0.1) is 0 Å². The molecule has 0 radical (unpaired) electrons. The molecule has 3 saturated heterocycles. The third kappa shape index (κ3) is 4.58. The molecule has 200 valence electrons. The molecule has 1 amide bonds. The second-order valence-electron chi connectivity index (χ2n) is 11.1. The van der Waals surface area contributed by atoms with Gasteiger partial charge in [-0.25, -0.2) is 4.98 Å². The van der Waals surface area contributed by atoms with Crippen molar-refractivity contribution in [3.63, 3.8) is 0 Å². The van der Waals surface area contributed by atoms with Gasteiger partial charge in [-0.05, 0) is 38.0 Å². The first-order valence-corrected chi connectivity index (χ1v) is 13.0. The summed E-state index contributed by atoms with van der Waals surface area (Å²) in [5, 5.41) is 3.76. The number of carbonyl (C=O) groups excluding carboxylic acids is 1. The maximum Gasteiger partial charge on any atom is 0.434 e. The van der Waals surface area contributed by atoms with Gasteiger partial charge in [0.05, 0.1) is 42.6 Å². The number of carbonyl (C=O) groups is 1. The van der Waals surface area contributed by atoms with Crippen LogP contribution in [0.25, 0.3) is 0 Å². The fourth-order valence-corrected chi connectivity index (χ4v) is 6.73. The van der Waals surface area contributed by atoms with Crippen LogP contribution in [0.4, 0.5) is 19.0 Å². The van der Waals surface area contributed by atoms with Crippen LogP contribution in [0.1, 0.15) is 51.6 Å². The van der Waals surface area contributed by atoms with Crippen molar-refractivity contribution in [2.75, 3.05) is 38.3 Å². The summed E-state index contributed by atoms with van der Waals surface area (Å²) in [7, 11) is 1.71. The summed E-state index contributed by atoms with van der Waals surface area (Å²) in [5.74, 6) is 0.617. The Kier molecular flexibility index (Phi) is 6.93. The standard InChI is InChI=1S/C25H36F3N5O3/c1-15(2)24(6-4-16(9-24)30-19-5-7-36-14-20(19)35-3)23(34)33-13-17-8-18(33)12-32(17)22-11-29-10-21(31-22)25(26,27)28/h10-11,15-20,30H,4-9,12-14H2,1-3H3/t16-,17+,18+,19+,20-,24+/m1/s1. The number of amides is 1. The van der Waals surface area contributed by atoms with Crippen molar-refractivity contribution >= 4 is 11.7 Å². The second kappa shape index (κ2) is 9.72. The minimum atomic E-state index is -4.53. The van der Waals surface area contributed by atoms with Crippen LogP contribution in [0.15, 0.2) is 12.4 Å². The van der Waals surface area contributed by atoms with Crippen LogP contribution in [-0.2, 0) is 20.4 Å². The molecule has 0 aromatic carbocycles. The maximum atomic E-state index is 14.0. The fourth-order valence-electron chi connectivity index (χ4n) is 6.73. The zero-order valence-corrected chi connectivity index (χ0v) is 21.1. The van der Waals surface area contributed by atoms with Crippen LogP contribution >= 0.6 is 0 Å². The largest absolute Gasteiger partial charge is 0.434 e. The fraction of sp³-hybridized carbons (Fsp3) is 0.800. The van der Waals surface area contributed by atoms with Gasteiger partial charge in [0.1, 0.15) is 5.82 Å². The zero-order chi connectivity index (χ0) is 25.7. The Morgan fingerprint density at radius 3 is 2.72 bits per heavy atom. The van der Waals surface area contributed by atoms with Gasteiger partial charge in [-0.2, -0.15) is 13.2 Å². The molecule has 11 heteroatoms. The normalized spacial score (nSPS) is 34.7. The molecule has 0 unspecified atom stereocenters. The molecule has 36 heavy (non-hydrogen) atoms. The highest BCUT2D eigenvalue weighted by molar-refractivity contribution is 5.84. The molecule has 0 spiro atoms. The minimum Gasteiger partial charge on any atom is -0.379 e. The predicted octanol–water partition coefficient (Wildman–Crippen LogP) is 2.87. The van der Waals surface area contributed by atoms with Crippen molar-refractivity contribution < 1.29 is 27.4 Å². The van der Waals surface area contributed by atoms with E-state index in [1.165, 1.54) is 6.20 Å². The Morgan fingerprint density at radius 2 is 2.06 bits per heavy atom. The Labute approximate surface area is 209 Å². The molecule has 4 heterocycles. The van der Waals surface area contributed by atoms with Gasteiger partial charge < -0.3 is 24.6 Å². The van der Waals surface area contributed by atoms with Crippen molar-refractivity contribution in [2.24, 2.45) is 11.3 Å². The van der Waals surface area contributed by atoms with E-state index < -0.39 is 17.3 Å². The van der Waals surface area contributed by atoms with Crippen molar-refractivity contribution in [3.8, 4) is 0 Å². The van der Waals surface area contributed by atoms with Gasteiger partial charge in [0.25, 0.3) is 0 Å². The Balaban J connectivity index is 1.26. The van der Waals surface area contributed by atoms with Gasteiger partial charge in [0, 0.05) is 38.9 Å². The molecule has 4 fully saturated rings. The minimum absolute atomic E-state index is 0.0164. The van der Waals surface area contributed by atoms with Crippen molar-refractivity contribution in [1.82, 2.24) is 20.2 Å². The highest BCUT2D eigenvalue weighted by Gasteiger charge is 2.55. The van der Waals surface area contributed by atoms with Crippen LogP contribution in [0, 0.1) is 11.3 Å². The number of nitrogens with one attached hydrogen (secondary N) is 1. The Hall–Kier alpha value is -1.98. The number of fused-ring (bicyclic) bond motifs is 2. The van der Waals surface area contributed by atoms with Crippen LogP contribution in [0.2, 0.25) is 0 Å². The average molecular weight is 512 g/mol. The molecule has 4 aliphatic rings. The number of hydrogen-bond acceptors (Lipinski definition) is 7. The molecular weight excluding hydrogens is 475 g/mol. The molecule has 1 saturated carbocycles. The number of halogens is 3. The highest BCUT2D eigenvalue weighted by atomic mass is 19.4. The van der Waals surface area contributed by atoms with E-state index in [-0.39, 0.29) is 47.9 Å². The van der Waals surface area contributed by atoms with E-state index in [4.69, 9.17) is 9.47 Å². The van der Waals surface area contributed by atoms with Gasteiger partial charge in [0.2, 0.25) is 5.91 Å². The van der Waals surface area contributed by atoms with Gasteiger partial charge in [-0.3, -0.25) is 9.78 Å². The molecule has 1 aromatic rings. The van der Waals surface area contributed by atoms with Crippen molar-refractivity contribution in [1.29, 1.82) is 0 Å². The number of piperazine rings is 1. The lowest BCUT2D eigenvalue weighted by Gasteiger charge is -2.42. The smallest absolute Gasteiger partial charge is 0.379 e. The molecule has 5 rings (SSSR count). The molecule has 2 bridgehead atoms. The van der Waals surface area contributed by atoms with Crippen molar-refractivity contribution in [2.45, 2.75) is 82.4 Å². The summed E-state index contributed by atoms with van der Waals surface area (Å²) in [5.41, 5.74) is -1.42. The third-order valence-corrected chi connectivity index (χ3v) is 8.85. The van der Waals surface area contributed by atoms with E-state index >= 15 is 0 Å². The summed E-state index contributed by atoms with van der Waals surface area (Å²) in [6.07, 6.45) is 1.81. The van der Waals surface area contributed by atoms with Gasteiger partial charge >= 0.3 is 6.18 Å². The number of methoxy groups -OCH3 is 1. The van der Waals surface area contributed by atoms with Crippen LogP contribution in [0.5, 0.6) is 0 Å². The Bertz CT molecular complexity index is 963. The van der Waals surface area contributed by atoms with Crippen molar-refractivity contribution in [3.05, 3.63) is 18.1 Å². The van der Waals surface area contributed by atoms with Crippen LogP contribution < -0.4 is 10.2 Å². The molecule has 1 aromatic heterocycles. The first-order valence-electron chi connectivity index (χ1n) is 13.0. The van der Waals surface area contributed by atoms with Crippen LogP contribution in [0.3, 0.4) is 0 Å². The van der Waals surface area contributed by atoms with E-state index in [0.29, 0.717) is 26.3 Å². The van der Waals surface area contributed by atoms with Gasteiger partial charge in [-0.1, -0.05) is 13.8 Å². The SMILES string of the molecule is CO[C@@H]1COCC[C@@H]1N[C@@H]1CC[C@@](C(=O)N2C[C@@H]3C[C@H]2CN3c2cncc(C(F)(F)F)n2)(C(C)C)C1. The lowest BCUT2D eigenvalue weighted by molar-refractivity contribution is -0.146. The Morgan fingerprint density at radius 1 is 1.25 bits per heavy atom. The number of rotatable bonds is 6. The summed E-state index contributed by atoms with van der Waals surface area (Å²) in [6.45, 7) is 6.55. The van der Waals surface area contributed by atoms with E-state index in [9.17, 15) is 18.0 Å². The van der Waals surface area contributed by atoms with E-state index in [1.807, 2.05) is 9.80 Å². The lowest BCUT2D eigenvalue weighted by Crippen LogP contribution is -2.55. The molecule has 3 aliphatic heterocycles. The number of anilines is 1. The summed E-state index contributed by atoms with van der Waals surface area (Å²) < 4.78 is 50.6. The third-order valence-electron chi connectivity index (χ3n) is 8.85. The number of aromatic nitrogens is 2. The van der Waals surface area contributed by atoms with Crippen LogP contribution in [-0.4, -0.2) is 84.5 Å². The second-order valence-corrected chi connectivity index (χ2v) is 11.1.